The molecule has 1 aliphatic rings. The molecule has 7 heteroatoms. The van der Waals surface area contributed by atoms with Gasteiger partial charge in [0, 0.05) is 22.9 Å². The van der Waals surface area contributed by atoms with Crippen LogP contribution in [-0.4, -0.2) is 27.2 Å². The minimum Gasteiger partial charge on any atom is -0.494 e. The molecule has 1 saturated carbocycles. The molecular weight excluding hydrogens is 389 g/mol. The van der Waals surface area contributed by atoms with E-state index in [0.717, 1.165) is 29.3 Å². The Labute approximate surface area is 173 Å². The monoisotopic (exact) mass is 411 g/mol. The van der Waals surface area contributed by atoms with E-state index in [1.54, 1.807) is 31.2 Å². The molecule has 0 aliphatic heterocycles. The lowest BCUT2D eigenvalue weighted by Crippen LogP contribution is -2.02. The fraction of sp³-hybridized carbons (Fsp3) is 0.318. The number of aromatic nitrogens is 3. The van der Waals surface area contributed by atoms with Crippen molar-refractivity contribution in [1.29, 1.82) is 0 Å². The van der Waals surface area contributed by atoms with Crippen molar-refractivity contribution in [3.05, 3.63) is 59.4 Å². The summed E-state index contributed by atoms with van der Waals surface area (Å²) in [4.78, 5) is 11.8. The van der Waals surface area contributed by atoms with Crippen molar-refractivity contribution in [1.82, 2.24) is 14.8 Å². The molecule has 29 heavy (non-hydrogen) atoms. The van der Waals surface area contributed by atoms with Crippen LogP contribution in [0.25, 0.3) is 11.4 Å². The van der Waals surface area contributed by atoms with E-state index < -0.39 is 0 Å². The first-order chi connectivity index (χ1) is 14.1. The smallest absolute Gasteiger partial charge is 0.192 e. The lowest BCUT2D eigenvalue weighted by molar-refractivity contribution is 0.101. The van der Waals surface area contributed by atoms with Gasteiger partial charge in [-0.1, -0.05) is 23.9 Å². The molecule has 0 amide bonds. The molecule has 1 aromatic heterocycles. The Bertz CT molecular complexity index is 1050. The molecule has 0 atom stereocenters. The van der Waals surface area contributed by atoms with Crippen molar-refractivity contribution in [3.63, 3.8) is 0 Å². The SMILES string of the molecule is CCOc1ccc(C(C)=O)cc1CSc1nnc(-c2ccccc2F)n1C1CC1. The van der Waals surface area contributed by atoms with Crippen LogP contribution >= 0.6 is 11.8 Å². The van der Waals surface area contributed by atoms with Gasteiger partial charge in [0.1, 0.15) is 11.6 Å². The summed E-state index contributed by atoms with van der Waals surface area (Å²) in [5.74, 6) is 1.62. The zero-order valence-electron chi connectivity index (χ0n) is 16.4. The normalized spacial score (nSPS) is 13.5. The number of nitrogens with zero attached hydrogens (tertiary/aromatic N) is 3. The van der Waals surface area contributed by atoms with Crippen molar-refractivity contribution in [2.45, 2.75) is 43.6 Å². The Kier molecular flexibility index (Phi) is 5.67. The second kappa shape index (κ2) is 8.37. The topological polar surface area (TPSA) is 57.0 Å². The van der Waals surface area contributed by atoms with Crippen molar-refractivity contribution in [2.75, 3.05) is 6.61 Å². The van der Waals surface area contributed by atoms with Crippen LogP contribution in [-0.2, 0) is 5.75 Å². The number of rotatable bonds is 8. The van der Waals surface area contributed by atoms with Crippen molar-refractivity contribution < 1.29 is 13.9 Å². The summed E-state index contributed by atoms with van der Waals surface area (Å²) in [6.07, 6.45) is 2.08. The molecule has 150 valence electrons. The highest BCUT2D eigenvalue weighted by atomic mass is 32.2. The van der Waals surface area contributed by atoms with Gasteiger partial charge in [-0.3, -0.25) is 9.36 Å². The van der Waals surface area contributed by atoms with Gasteiger partial charge in [0.15, 0.2) is 16.8 Å². The maximum Gasteiger partial charge on any atom is 0.192 e. The van der Waals surface area contributed by atoms with Gasteiger partial charge in [0.25, 0.3) is 0 Å². The minimum atomic E-state index is -0.300. The summed E-state index contributed by atoms with van der Waals surface area (Å²) >= 11 is 1.53. The molecule has 5 nitrogen and oxygen atoms in total. The number of halogens is 1. The Morgan fingerprint density at radius 2 is 2.03 bits per heavy atom. The van der Waals surface area contributed by atoms with E-state index in [-0.39, 0.29) is 11.6 Å². The van der Waals surface area contributed by atoms with E-state index in [1.807, 2.05) is 23.6 Å². The summed E-state index contributed by atoms with van der Waals surface area (Å²) in [6.45, 7) is 4.03. The van der Waals surface area contributed by atoms with Gasteiger partial charge in [-0.05, 0) is 57.0 Å². The fourth-order valence-corrected chi connectivity index (χ4v) is 4.20. The van der Waals surface area contributed by atoms with E-state index in [4.69, 9.17) is 4.74 Å². The molecule has 0 saturated heterocycles. The van der Waals surface area contributed by atoms with Gasteiger partial charge in [0.05, 0.1) is 12.2 Å². The van der Waals surface area contributed by atoms with Crippen LogP contribution in [0.2, 0.25) is 0 Å². The van der Waals surface area contributed by atoms with Crippen LogP contribution < -0.4 is 4.74 Å². The number of carbonyl (C=O) groups is 1. The van der Waals surface area contributed by atoms with E-state index in [0.29, 0.717) is 35.4 Å². The second-order valence-corrected chi connectivity index (χ2v) is 7.93. The molecule has 0 N–H and O–H groups in total. The second-order valence-electron chi connectivity index (χ2n) is 6.99. The quantitative estimate of drug-likeness (QED) is 0.371. The van der Waals surface area contributed by atoms with Crippen molar-refractivity contribution in [3.8, 4) is 17.1 Å². The first kappa shape index (κ1) is 19.6. The molecule has 0 spiro atoms. The van der Waals surface area contributed by atoms with Gasteiger partial charge in [-0.2, -0.15) is 0 Å². The van der Waals surface area contributed by atoms with E-state index >= 15 is 0 Å². The first-order valence-electron chi connectivity index (χ1n) is 9.67. The zero-order valence-corrected chi connectivity index (χ0v) is 17.2. The summed E-state index contributed by atoms with van der Waals surface area (Å²) in [5.41, 5.74) is 2.05. The molecule has 0 unspecified atom stereocenters. The van der Waals surface area contributed by atoms with Gasteiger partial charge >= 0.3 is 0 Å². The van der Waals surface area contributed by atoms with Crippen LogP contribution in [0.4, 0.5) is 4.39 Å². The van der Waals surface area contributed by atoms with Crippen LogP contribution in [0.3, 0.4) is 0 Å². The molecule has 3 aromatic rings. The van der Waals surface area contributed by atoms with Gasteiger partial charge in [-0.15, -0.1) is 10.2 Å². The standard InChI is InChI=1S/C22H22FN3O2S/c1-3-28-20-11-8-15(14(2)27)12-16(20)13-29-22-25-24-21(26(22)17-9-10-17)18-6-4-5-7-19(18)23/h4-8,11-12,17H,3,9-10,13H2,1-2H3. The number of ether oxygens (including phenoxy) is 1. The minimum absolute atomic E-state index is 0.0160. The molecule has 1 fully saturated rings. The van der Waals surface area contributed by atoms with Gasteiger partial charge in [-0.25, -0.2) is 4.39 Å². The third-order valence-corrected chi connectivity index (χ3v) is 5.81. The predicted octanol–water partition coefficient (Wildman–Crippen LogP) is 5.31. The lowest BCUT2D eigenvalue weighted by atomic mass is 10.1. The number of Topliss-reactive ketones (excluding diaryl/α,β-unsaturated/α-hetero) is 1. The number of carbonyl (C=O) groups excluding carboxylic acids is 1. The van der Waals surface area contributed by atoms with Crippen LogP contribution in [0, 0.1) is 5.82 Å². The first-order valence-corrected chi connectivity index (χ1v) is 10.7. The number of ketones is 1. The highest BCUT2D eigenvalue weighted by molar-refractivity contribution is 7.98. The largest absolute Gasteiger partial charge is 0.494 e. The Hall–Kier alpha value is -2.67. The van der Waals surface area contributed by atoms with E-state index in [9.17, 15) is 9.18 Å². The summed E-state index contributed by atoms with van der Waals surface area (Å²) in [7, 11) is 0. The molecule has 0 bridgehead atoms. The van der Waals surface area contributed by atoms with Crippen molar-refractivity contribution in [2.24, 2.45) is 0 Å². The van der Waals surface area contributed by atoms with Gasteiger partial charge < -0.3 is 4.74 Å². The molecular formula is C22H22FN3O2S. The fourth-order valence-electron chi connectivity index (χ4n) is 3.21. The number of thioether (sulfide) groups is 1. The Morgan fingerprint density at radius 1 is 1.24 bits per heavy atom. The highest BCUT2D eigenvalue weighted by Gasteiger charge is 2.31. The molecule has 2 aromatic carbocycles. The average molecular weight is 412 g/mol. The third-order valence-electron chi connectivity index (χ3n) is 4.81. The van der Waals surface area contributed by atoms with Crippen LogP contribution in [0.1, 0.15) is 48.7 Å². The predicted molar refractivity (Wildman–Crippen MR) is 111 cm³/mol. The average Bonchev–Trinajstić information content (AvgIpc) is 3.47. The summed E-state index contributed by atoms with van der Waals surface area (Å²) < 4.78 is 22.1. The van der Waals surface area contributed by atoms with Crippen LogP contribution in [0.15, 0.2) is 47.6 Å². The molecule has 1 aliphatic carbocycles. The number of hydrogen-bond donors (Lipinski definition) is 0. The van der Waals surface area contributed by atoms with Crippen LogP contribution in [0.5, 0.6) is 5.75 Å². The molecule has 4 rings (SSSR count). The van der Waals surface area contributed by atoms with Crippen molar-refractivity contribution >= 4 is 17.5 Å². The maximum absolute atomic E-state index is 14.3. The van der Waals surface area contributed by atoms with E-state index in [2.05, 4.69) is 10.2 Å². The van der Waals surface area contributed by atoms with Gasteiger partial charge in [0.2, 0.25) is 0 Å². The Morgan fingerprint density at radius 3 is 2.72 bits per heavy atom. The lowest BCUT2D eigenvalue weighted by Gasteiger charge is -2.12. The van der Waals surface area contributed by atoms with E-state index in [1.165, 1.54) is 17.8 Å². The third kappa shape index (κ3) is 4.19. The Balaban J connectivity index is 1.64. The number of benzene rings is 2. The summed E-state index contributed by atoms with van der Waals surface area (Å²) in [5, 5.41) is 9.39. The number of hydrogen-bond acceptors (Lipinski definition) is 5. The highest BCUT2D eigenvalue weighted by Crippen LogP contribution is 2.42. The maximum atomic E-state index is 14.3. The summed E-state index contributed by atoms with van der Waals surface area (Å²) in [6, 6.07) is 12.4. The molecule has 0 radical (unpaired) electrons. The zero-order chi connectivity index (χ0) is 20.4. The molecule has 1 heterocycles.